The number of aromatic nitrogens is 1. The molecule has 0 saturated carbocycles. The molecule has 0 radical (unpaired) electrons. The van der Waals surface area contributed by atoms with Crippen molar-refractivity contribution >= 4 is 23.2 Å². The van der Waals surface area contributed by atoms with Crippen molar-refractivity contribution in [3.63, 3.8) is 0 Å². The molecule has 56 valence electrons. The van der Waals surface area contributed by atoms with E-state index >= 15 is 0 Å². The van der Waals surface area contributed by atoms with Gasteiger partial charge in [0.15, 0.2) is 5.82 Å². The molecule has 0 aliphatic carbocycles. The van der Waals surface area contributed by atoms with Crippen LogP contribution in [0.1, 0.15) is 5.56 Å². The number of hydrogen-bond acceptors (Lipinski definition) is 2. The highest BCUT2D eigenvalue weighted by Gasteiger charge is 2.10. The highest BCUT2D eigenvalue weighted by atomic mass is 35.5. The van der Waals surface area contributed by atoms with Crippen LogP contribution in [0.15, 0.2) is 6.20 Å². The van der Waals surface area contributed by atoms with Crippen molar-refractivity contribution in [2.24, 2.45) is 0 Å². The van der Waals surface area contributed by atoms with E-state index in [9.17, 15) is 4.39 Å². The summed E-state index contributed by atoms with van der Waals surface area (Å²) >= 11 is 10.8. The lowest BCUT2D eigenvalue weighted by molar-refractivity contribution is 0.621. The van der Waals surface area contributed by atoms with E-state index in [1.54, 1.807) is 6.07 Å². The first-order valence-electron chi connectivity index (χ1n) is 2.56. The molecule has 0 atom stereocenters. The second-order valence-corrected chi connectivity index (χ2v) is 2.43. The SMILES string of the molecule is N#Cc1c(Cl)ncc(F)c1Cl. The Kier molecular flexibility index (Phi) is 2.28. The second kappa shape index (κ2) is 3.04. The van der Waals surface area contributed by atoms with E-state index in [0.29, 0.717) is 0 Å². The van der Waals surface area contributed by atoms with Crippen molar-refractivity contribution in [3.05, 3.63) is 27.8 Å². The fourth-order valence-corrected chi connectivity index (χ4v) is 0.954. The van der Waals surface area contributed by atoms with Crippen LogP contribution in [-0.2, 0) is 0 Å². The van der Waals surface area contributed by atoms with Gasteiger partial charge in [-0.1, -0.05) is 23.2 Å². The smallest absolute Gasteiger partial charge is 0.161 e. The summed E-state index contributed by atoms with van der Waals surface area (Å²) in [6.45, 7) is 0. The highest BCUT2D eigenvalue weighted by molar-refractivity contribution is 6.35. The molecule has 11 heavy (non-hydrogen) atoms. The maximum atomic E-state index is 12.5. The number of halogens is 3. The second-order valence-electron chi connectivity index (χ2n) is 1.70. The molecule has 1 aromatic rings. The predicted molar refractivity (Wildman–Crippen MR) is 38.9 cm³/mol. The summed E-state index contributed by atoms with van der Waals surface area (Å²) in [5, 5.41) is 8.03. The van der Waals surface area contributed by atoms with Gasteiger partial charge in [-0.25, -0.2) is 9.37 Å². The zero-order chi connectivity index (χ0) is 8.43. The highest BCUT2D eigenvalue weighted by Crippen LogP contribution is 2.23. The lowest BCUT2D eigenvalue weighted by atomic mass is 10.3. The Bertz CT molecular complexity index is 332. The van der Waals surface area contributed by atoms with Crippen LogP contribution in [0.4, 0.5) is 4.39 Å². The zero-order valence-corrected chi connectivity index (χ0v) is 6.62. The molecule has 0 aliphatic rings. The monoisotopic (exact) mass is 190 g/mol. The Morgan fingerprint density at radius 1 is 1.55 bits per heavy atom. The predicted octanol–water partition coefficient (Wildman–Crippen LogP) is 2.40. The molecule has 5 heteroatoms. The van der Waals surface area contributed by atoms with Crippen molar-refractivity contribution in [1.82, 2.24) is 4.98 Å². The molecule has 0 saturated heterocycles. The summed E-state index contributed by atoms with van der Waals surface area (Å²) in [5.74, 6) is -0.743. The van der Waals surface area contributed by atoms with Gasteiger partial charge in [-0.05, 0) is 0 Å². The van der Waals surface area contributed by atoms with Crippen molar-refractivity contribution in [2.75, 3.05) is 0 Å². The quantitative estimate of drug-likeness (QED) is 0.590. The number of nitriles is 1. The molecule has 1 aromatic heterocycles. The molecular weight excluding hydrogens is 190 g/mol. The third-order valence-electron chi connectivity index (χ3n) is 1.04. The first-order valence-corrected chi connectivity index (χ1v) is 3.32. The molecular formula is C6HCl2FN2. The summed E-state index contributed by atoms with van der Waals surface area (Å²) < 4.78 is 12.5. The minimum atomic E-state index is -0.743. The molecule has 0 amide bonds. The van der Waals surface area contributed by atoms with Gasteiger partial charge in [0.05, 0.1) is 11.2 Å². The van der Waals surface area contributed by atoms with Gasteiger partial charge >= 0.3 is 0 Å². The minimum Gasteiger partial charge on any atom is -0.240 e. The Labute approximate surface area is 72.2 Å². The van der Waals surface area contributed by atoms with Gasteiger partial charge in [-0.15, -0.1) is 0 Å². The Morgan fingerprint density at radius 2 is 2.18 bits per heavy atom. The van der Waals surface area contributed by atoms with Gasteiger partial charge in [0.2, 0.25) is 0 Å². The molecule has 2 nitrogen and oxygen atoms in total. The van der Waals surface area contributed by atoms with Crippen LogP contribution in [0.3, 0.4) is 0 Å². The van der Waals surface area contributed by atoms with Gasteiger partial charge in [0, 0.05) is 0 Å². The van der Waals surface area contributed by atoms with Gasteiger partial charge < -0.3 is 0 Å². The largest absolute Gasteiger partial charge is 0.240 e. The molecule has 0 N–H and O–H groups in total. The first-order chi connectivity index (χ1) is 5.16. The molecule has 1 rings (SSSR count). The van der Waals surface area contributed by atoms with E-state index in [-0.39, 0.29) is 15.7 Å². The first kappa shape index (κ1) is 8.25. The van der Waals surface area contributed by atoms with Gasteiger partial charge in [-0.2, -0.15) is 5.26 Å². The van der Waals surface area contributed by atoms with Crippen molar-refractivity contribution in [2.45, 2.75) is 0 Å². The number of pyridine rings is 1. The van der Waals surface area contributed by atoms with Crippen LogP contribution in [-0.4, -0.2) is 4.98 Å². The van der Waals surface area contributed by atoms with E-state index in [1.807, 2.05) is 0 Å². The normalized spacial score (nSPS) is 9.27. The molecule has 0 aromatic carbocycles. The molecule has 1 heterocycles. The van der Waals surface area contributed by atoms with E-state index in [1.165, 1.54) is 0 Å². The number of rotatable bonds is 0. The van der Waals surface area contributed by atoms with Crippen LogP contribution in [0, 0.1) is 17.1 Å². The number of hydrogen-bond donors (Lipinski definition) is 0. The maximum Gasteiger partial charge on any atom is 0.161 e. The van der Waals surface area contributed by atoms with Crippen molar-refractivity contribution in [1.29, 1.82) is 5.26 Å². The van der Waals surface area contributed by atoms with Crippen LogP contribution < -0.4 is 0 Å². The van der Waals surface area contributed by atoms with Gasteiger partial charge in [-0.3, -0.25) is 0 Å². The average molecular weight is 191 g/mol. The number of nitrogens with zero attached hydrogens (tertiary/aromatic N) is 2. The van der Waals surface area contributed by atoms with Gasteiger partial charge in [0.1, 0.15) is 16.8 Å². The fraction of sp³-hybridized carbons (Fsp3) is 0. The summed E-state index contributed by atoms with van der Waals surface area (Å²) in [4.78, 5) is 3.39. The molecule has 0 bridgehead atoms. The van der Waals surface area contributed by atoms with E-state index in [2.05, 4.69) is 4.98 Å². The van der Waals surface area contributed by atoms with Crippen LogP contribution >= 0.6 is 23.2 Å². The Balaban J connectivity index is 3.44. The third-order valence-corrected chi connectivity index (χ3v) is 1.69. The molecule has 0 aliphatic heterocycles. The lowest BCUT2D eigenvalue weighted by Gasteiger charge is -1.96. The Morgan fingerprint density at radius 3 is 2.64 bits per heavy atom. The topological polar surface area (TPSA) is 36.7 Å². The van der Waals surface area contributed by atoms with Crippen LogP contribution in [0.25, 0.3) is 0 Å². The maximum absolute atomic E-state index is 12.5. The Hall–Kier alpha value is -0.850. The van der Waals surface area contributed by atoms with Crippen molar-refractivity contribution < 1.29 is 4.39 Å². The average Bonchev–Trinajstić information content (AvgIpc) is 1.99. The van der Waals surface area contributed by atoms with Gasteiger partial charge in [0.25, 0.3) is 0 Å². The van der Waals surface area contributed by atoms with Crippen molar-refractivity contribution in [3.8, 4) is 6.07 Å². The molecule has 0 spiro atoms. The summed E-state index contributed by atoms with van der Waals surface area (Å²) in [6.07, 6.45) is 0.867. The summed E-state index contributed by atoms with van der Waals surface area (Å²) in [7, 11) is 0. The fourth-order valence-electron chi connectivity index (χ4n) is 0.540. The molecule has 0 fully saturated rings. The van der Waals surface area contributed by atoms with Crippen LogP contribution in [0.5, 0.6) is 0 Å². The third kappa shape index (κ3) is 1.42. The molecule has 0 unspecified atom stereocenters. The van der Waals surface area contributed by atoms with E-state index < -0.39 is 5.82 Å². The lowest BCUT2D eigenvalue weighted by Crippen LogP contribution is -1.87. The minimum absolute atomic E-state index is 0.0844. The zero-order valence-electron chi connectivity index (χ0n) is 5.11. The summed E-state index contributed by atoms with van der Waals surface area (Å²) in [5.41, 5.74) is -0.131. The summed E-state index contributed by atoms with van der Waals surface area (Å²) in [6, 6.07) is 1.64. The van der Waals surface area contributed by atoms with E-state index in [4.69, 9.17) is 28.5 Å². The standard InChI is InChI=1S/C6HCl2FN2/c7-5-3(1-10)6(8)11-2-4(5)9/h2H. The van der Waals surface area contributed by atoms with E-state index in [0.717, 1.165) is 6.20 Å². The van der Waals surface area contributed by atoms with Crippen LogP contribution in [0.2, 0.25) is 10.2 Å².